The minimum absolute atomic E-state index is 0.364. The van der Waals surface area contributed by atoms with Gasteiger partial charge in [0, 0.05) is 0 Å². The molecule has 0 bridgehead atoms. The molecule has 0 amide bonds. The highest BCUT2D eigenvalue weighted by molar-refractivity contribution is 7.16. The van der Waals surface area contributed by atoms with E-state index >= 15 is 0 Å². The summed E-state index contributed by atoms with van der Waals surface area (Å²) in [5.74, 6) is 0.944. The van der Waals surface area contributed by atoms with Crippen molar-refractivity contribution in [1.82, 2.24) is 9.97 Å². The van der Waals surface area contributed by atoms with Crippen molar-refractivity contribution in [2.45, 2.75) is 6.92 Å². The van der Waals surface area contributed by atoms with Crippen molar-refractivity contribution >= 4 is 27.4 Å². The van der Waals surface area contributed by atoms with Gasteiger partial charge in [-0.25, -0.2) is 14.4 Å². The molecule has 6 heteroatoms. The monoisotopic (exact) mass is 289 g/mol. The molecule has 0 radical (unpaired) electrons. The second-order valence-corrected chi connectivity index (χ2v) is 5.04. The van der Waals surface area contributed by atoms with Crippen molar-refractivity contribution in [3.63, 3.8) is 0 Å². The first-order valence-electron chi connectivity index (χ1n) is 6.12. The van der Waals surface area contributed by atoms with Gasteiger partial charge in [0.2, 0.25) is 0 Å². The van der Waals surface area contributed by atoms with E-state index in [0.29, 0.717) is 29.6 Å². The molecule has 102 valence electrons. The topological polar surface area (TPSA) is 61.0 Å². The molecule has 2 heterocycles. The van der Waals surface area contributed by atoms with E-state index in [0.717, 1.165) is 10.2 Å². The first-order chi connectivity index (χ1) is 9.69. The van der Waals surface area contributed by atoms with Crippen molar-refractivity contribution in [2.24, 2.45) is 0 Å². The second kappa shape index (κ2) is 5.05. The summed E-state index contributed by atoms with van der Waals surface area (Å²) in [7, 11) is 0. The summed E-state index contributed by atoms with van der Waals surface area (Å²) in [6, 6.07) is 6.15. The average Bonchev–Trinajstić information content (AvgIpc) is 2.90. The third kappa shape index (κ3) is 2.18. The summed E-state index contributed by atoms with van der Waals surface area (Å²) in [6.07, 6.45) is 0. The lowest BCUT2D eigenvalue weighted by molar-refractivity contribution is 0.341. The maximum atomic E-state index is 13.5. The Morgan fingerprint density at radius 2 is 2.15 bits per heavy atom. The number of benzene rings is 1. The summed E-state index contributed by atoms with van der Waals surface area (Å²) in [5, 5.41) is 2.71. The fraction of sp³-hybridized carbons (Fsp3) is 0.143. The van der Waals surface area contributed by atoms with Crippen molar-refractivity contribution < 1.29 is 9.13 Å². The van der Waals surface area contributed by atoms with Crippen LogP contribution in [0.15, 0.2) is 29.6 Å². The van der Waals surface area contributed by atoms with Gasteiger partial charge in [0.05, 0.1) is 17.6 Å². The zero-order valence-corrected chi connectivity index (χ0v) is 11.6. The predicted octanol–water partition coefficient (Wildman–Crippen LogP) is 3.48. The zero-order chi connectivity index (χ0) is 14.1. The molecule has 2 N–H and O–H groups in total. The molecule has 0 aliphatic heterocycles. The van der Waals surface area contributed by atoms with Gasteiger partial charge in [-0.3, -0.25) is 0 Å². The van der Waals surface area contributed by atoms with Crippen LogP contribution < -0.4 is 10.5 Å². The molecule has 0 atom stereocenters. The number of halogens is 1. The highest BCUT2D eigenvalue weighted by Crippen LogP contribution is 2.32. The highest BCUT2D eigenvalue weighted by Gasteiger charge is 2.13. The lowest BCUT2D eigenvalue weighted by Gasteiger charge is -2.09. The van der Waals surface area contributed by atoms with Crippen LogP contribution in [0.1, 0.15) is 6.92 Å². The highest BCUT2D eigenvalue weighted by atomic mass is 32.1. The van der Waals surface area contributed by atoms with Gasteiger partial charge in [0.25, 0.3) is 0 Å². The Morgan fingerprint density at radius 1 is 1.30 bits per heavy atom. The Labute approximate surface area is 119 Å². The normalized spacial score (nSPS) is 10.9. The summed E-state index contributed by atoms with van der Waals surface area (Å²) in [6.45, 7) is 2.35. The molecule has 0 saturated heterocycles. The fourth-order valence-corrected chi connectivity index (χ4v) is 2.73. The number of hydrogen-bond donors (Lipinski definition) is 1. The van der Waals surface area contributed by atoms with E-state index in [-0.39, 0.29) is 5.82 Å². The van der Waals surface area contributed by atoms with Crippen LogP contribution in [-0.4, -0.2) is 16.6 Å². The summed E-state index contributed by atoms with van der Waals surface area (Å²) < 4.78 is 19.0. The summed E-state index contributed by atoms with van der Waals surface area (Å²) >= 11 is 1.47. The van der Waals surface area contributed by atoms with Gasteiger partial charge in [-0.05, 0) is 36.6 Å². The minimum atomic E-state index is -0.364. The molecule has 3 rings (SSSR count). The first kappa shape index (κ1) is 12.8. The van der Waals surface area contributed by atoms with E-state index in [9.17, 15) is 4.39 Å². The lowest BCUT2D eigenvalue weighted by atomic mass is 10.1. The maximum absolute atomic E-state index is 13.5. The third-order valence-electron chi connectivity index (χ3n) is 2.84. The maximum Gasteiger partial charge on any atom is 0.166 e. The van der Waals surface area contributed by atoms with E-state index in [1.165, 1.54) is 23.5 Å². The molecule has 3 aromatic rings. The Bertz CT molecular complexity index is 772. The van der Waals surface area contributed by atoms with Crippen molar-refractivity contribution in [1.29, 1.82) is 0 Å². The summed E-state index contributed by atoms with van der Waals surface area (Å²) in [4.78, 5) is 9.46. The van der Waals surface area contributed by atoms with Crippen LogP contribution in [0.5, 0.6) is 5.75 Å². The van der Waals surface area contributed by atoms with Gasteiger partial charge in [0.15, 0.2) is 5.82 Å². The van der Waals surface area contributed by atoms with E-state index in [4.69, 9.17) is 10.5 Å². The van der Waals surface area contributed by atoms with E-state index in [1.807, 2.05) is 18.4 Å². The molecule has 1 aromatic carbocycles. The van der Waals surface area contributed by atoms with E-state index < -0.39 is 0 Å². The molecule has 0 aliphatic carbocycles. The smallest absolute Gasteiger partial charge is 0.166 e. The molecular formula is C14H12FN3OS. The fourth-order valence-electron chi connectivity index (χ4n) is 1.96. The van der Waals surface area contributed by atoms with Crippen LogP contribution in [0.2, 0.25) is 0 Å². The number of ether oxygens (including phenoxy) is 1. The number of anilines is 1. The van der Waals surface area contributed by atoms with Gasteiger partial charge in [-0.2, -0.15) is 0 Å². The number of nitrogen functional groups attached to an aromatic ring is 1. The number of aromatic nitrogens is 2. The van der Waals surface area contributed by atoms with Crippen LogP contribution in [0, 0.1) is 5.82 Å². The number of rotatable bonds is 3. The van der Waals surface area contributed by atoms with E-state index in [2.05, 4.69) is 9.97 Å². The molecule has 0 fully saturated rings. The molecule has 0 spiro atoms. The van der Waals surface area contributed by atoms with Gasteiger partial charge in [-0.15, -0.1) is 11.3 Å². The molecule has 0 aliphatic rings. The molecular weight excluding hydrogens is 277 g/mol. The average molecular weight is 289 g/mol. The molecule has 2 aromatic heterocycles. The lowest BCUT2D eigenvalue weighted by Crippen LogP contribution is -2.00. The molecule has 0 saturated carbocycles. The van der Waals surface area contributed by atoms with Crippen LogP contribution in [0.4, 0.5) is 10.2 Å². The predicted molar refractivity (Wildman–Crippen MR) is 78.4 cm³/mol. The van der Waals surface area contributed by atoms with E-state index in [1.54, 1.807) is 6.07 Å². The number of nitrogens with two attached hydrogens (primary N) is 1. The third-order valence-corrected chi connectivity index (χ3v) is 3.64. The Kier molecular flexibility index (Phi) is 3.23. The Morgan fingerprint density at radius 3 is 2.95 bits per heavy atom. The van der Waals surface area contributed by atoms with Gasteiger partial charge < -0.3 is 10.5 Å². The largest absolute Gasteiger partial charge is 0.493 e. The van der Waals surface area contributed by atoms with Crippen LogP contribution in [-0.2, 0) is 0 Å². The quantitative estimate of drug-likeness (QED) is 0.802. The zero-order valence-electron chi connectivity index (χ0n) is 10.8. The number of nitrogens with zero attached hydrogens (tertiary/aromatic N) is 2. The number of thiophene rings is 1. The standard InChI is InChI=1S/C14H12FN3OS/c1-2-19-11-4-3-8(15)7-10(11)13-17-12(16)9-5-6-20-14(9)18-13/h3-7H,2H2,1H3,(H2,16,17,18). The second-order valence-electron chi connectivity index (χ2n) is 4.15. The number of fused-ring (bicyclic) bond motifs is 1. The van der Waals surface area contributed by atoms with Gasteiger partial charge >= 0.3 is 0 Å². The SMILES string of the molecule is CCOc1ccc(F)cc1-c1nc(N)c2ccsc2n1. The van der Waals surface area contributed by atoms with Crippen LogP contribution in [0.25, 0.3) is 21.6 Å². The molecule has 0 unspecified atom stereocenters. The van der Waals surface area contributed by atoms with Crippen LogP contribution >= 0.6 is 11.3 Å². The molecule has 20 heavy (non-hydrogen) atoms. The van der Waals surface area contributed by atoms with Crippen LogP contribution in [0.3, 0.4) is 0 Å². The Hall–Kier alpha value is -2.21. The summed E-state index contributed by atoms with van der Waals surface area (Å²) in [5.41, 5.74) is 6.43. The van der Waals surface area contributed by atoms with Crippen molar-refractivity contribution in [3.8, 4) is 17.1 Å². The Balaban J connectivity index is 2.21. The van der Waals surface area contributed by atoms with Gasteiger partial charge in [0.1, 0.15) is 22.2 Å². The first-order valence-corrected chi connectivity index (χ1v) is 7.00. The van der Waals surface area contributed by atoms with Crippen molar-refractivity contribution in [3.05, 3.63) is 35.5 Å². The molecule has 4 nitrogen and oxygen atoms in total. The minimum Gasteiger partial charge on any atom is -0.493 e. The van der Waals surface area contributed by atoms with Gasteiger partial charge in [-0.1, -0.05) is 0 Å². The van der Waals surface area contributed by atoms with Crippen molar-refractivity contribution in [2.75, 3.05) is 12.3 Å². The number of hydrogen-bond acceptors (Lipinski definition) is 5.